The number of carbonyl (C=O) groups is 1. The highest BCUT2D eigenvalue weighted by Crippen LogP contribution is 2.14. The van der Waals surface area contributed by atoms with Crippen LogP contribution in [0.3, 0.4) is 0 Å². The van der Waals surface area contributed by atoms with Gasteiger partial charge in [-0.3, -0.25) is 4.79 Å². The van der Waals surface area contributed by atoms with Crippen LogP contribution in [0.1, 0.15) is 12.8 Å². The van der Waals surface area contributed by atoms with E-state index < -0.39 is 18.7 Å². The van der Waals surface area contributed by atoms with Crippen LogP contribution in [-0.2, 0) is 9.53 Å². The average molecular weight is 254 g/mol. The van der Waals surface area contributed by atoms with Crippen LogP contribution < -0.4 is 5.32 Å². The molecule has 0 rings (SSSR count). The zero-order valence-corrected chi connectivity index (χ0v) is 9.03. The van der Waals surface area contributed by atoms with E-state index in [1.54, 1.807) is 0 Å². The second-order valence-corrected chi connectivity index (χ2v) is 3.08. The van der Waals surface area contributed by atoms with Gasteiger partial charge in [0.15, 0.2) is 0 Å². The van der Waals surface area contributed by atoms with E-state index in [-0.39, 0.29) is 19.6 Å². The first kappa shape index (κ1) is 15.5. The van der Waals surface area contributed by atoms with Gasteiger partial charge in [-0.15, -0.1) is 0 Å². The van der Waals surface area contributed by atoms with Crippen molar-refractivity contribution in [2.24, 2.45) is 5.11 Å². The Morgan fingerprint density at radius 1 is 1.47 bits per heavy atom. The molecule has 0 aliphatic rings. The van der Waals surface area contributed by atoms with Gasteiger partial charge in [-0.25, -0.2) is 0 Å². The molecule has 17 heavy (non-hydrogen) atoms. The lowest BCUT2D eigenvalue weighted by atomic mass is 10.4. The summed E-state index contributed by atoms with van der Waals surface area (Å²) in [6.45, 7) is -1.04. The molecule has 0 aromatic rings. The fraction of sp³-hybridized carbons (Fsp3) is 0.875. The van der Waals surface area contributed by atoms with E-state index in [1.165, 1.54) is 0 Å². The Balaban J connectivity index is 3.38. The van der Waals surface area contributed by atoms with Crippen molar-refractivity contribution < 1.29 is 22.7 Å². The zero-order chi connectivity index (χ0) is 13.1. The van der Waals surface area contributed by atoms with Crippen molar-refractivity contribution in [3.8, 4) is 0 Å². The lowest BCUT2D eigenvalue weighted by Gasteiger charge is -2.07. The van der Waals surface area contributed by atoms with Gasteiger partial charge in [0, 0.05) is 24.4 Å². The minimum Gasteiger partial charge on any atom is -0.372 e. The van der Waals surface area contributed by atoms with E-state index in [0.29, 0.717) is 13.0 Å². The first-order valence-corrected chi connectivity index (χ1v) is 4.88. The fourth-order valence-corrected chi connectivity index (χ4v) is 0.863. The number of alkyl halides is 3. The largest absolute Gasteiger partial charge is 0.411 e. The summed E-state index contributed by atoms with van der Waals surface area (Å²) >= 11 is 0. The lowest BCUT2D eigenvalue weighted by molar-refractivity contribution is -0.174. The van der Waals surface area contributed by atoms with Crippen LogP contribution in [0.25, 0.3) is 10.4 Å². The molecule has 0 saturated heterocycles. The predicted molar refractivity (Wildman–Crippen MR) is 53.1 cm³/mol. The maximum absolute atomic E-state index is 11.6. The third-order valence-electron chi connectivity index (χ3n) is 1.56. The minimum atomic E-state index is -4.37. The van der Waals surface area contributed by atoms with E-state index in [1.807, 2.05) is 0 Å². The van der Waals surface area contributed by atoms with E-state index in [9.17, 15) is 18.0 Å². The van der Waals surface area contributed by atoms with Gasteiger partial charge < -0.3 is 10.1 Å². The third kappa shape index (κ3) is 12.5. The Bertz CT molecular complexity index is 276. The highest BCUT2D eigenvalue weighted by Gasteiger charge is 2.27. The van der Waals surface area contributed by atoms with E-state index in [2.05, 4.69) is 20.1 Å². The van der Waals surface area contributed by atoms with Crippen molar-refractivity contribution in [1.29, 1.82) is 0 Å². The molecule has 0 aromatic carbocycles. The average Bonchev–Trinajstić information content (AvgIpc) is 2.23. The molecule has 0 fully saturated rings. The molecular weight excluding hydrogens is 241 g/mol. The number of hydrogen-bond acceptors (Lipinski definition) is 3. The van der Waals surface area contributed by atoms with Gasteiger partial charge in [0.05, 0.1) is 6.61 Å². The van der Waals surface area contributed by atoms with Crippen LogP contribution in [0, 0.1) is 0 Å². The number of rotatable bonds is 8. The maximum atomic E-state index is 11.6. The predicted octanol–water partition coefficient (Wildman–Crippen LogP) is 1.77. The van der Waals surface area contributed by atoms with Crippen LogP contribution in [0.5, 0.6) is 0 Å². The SMILES string of the molecule is [N-]=[N+]=NCCCNC(=O)CCOCC(F)(F)F. The molecule has 0 saturated carbocycles. The van der Waals surface area contributed by atoms with E-state index in [0.717, 1.165) is 0 Å². The zero-order valence-electron chi connectivity index (χ0n) is 9.03. The molecule has 0 radical (unpaired) electrons. The van der Waals surface area contributed by atoms with Crippen molar-refractivity contribution in [2.75, 3.05) is 26.3 Å². The normalized spacial score (nSPS) is 10.8. The number of ether oxygens (including phenoxy) is 1. The fourth-order valence-electron chi connectivity index (χ4n) is 0.863. The van der Waals surface area contributed by atoms with Crippen LogP contribution in [0.15, 0.2) is 5.11 Å². The molecule has 0 unspecified atom stereocenters. The summed E-state index contributed by atoms with van der Waals surface area (Å²) in [5.74, 6) is -0.395. The topological polar surface area (TPSA) is 87.1 Å². The molecule has 0 aromatic heterocycles. The molecular formula is C8H13F3N4O2. The van der Waals surface area contributed by atoms with Gasteiger partial charge in [0.25, 0.3) is 0 Å². The van der Waals surface area contributed by atoms with Crippen molar-refractivity contribution in [3.05, 3.63) is 10.4 Å². The van der Waals surface area contributed by atoms with Crippen LogP contribution in [0.4, 0.5) is 13.2 Å². The first-order chi connectivity index (χ1) is 7.95. The van der Waals surface area contributed by atoms with Crippen LogP contribution in [0.2, 0.25) is 0 Å². The molecule has 1 amide bonds. The molecule has 0 aliphatic carbocycles. The number of amides is 1. The standard InChI is InChI=1S/C8H13F3N4O2/c9-8(10,11)6-17-5-2-7(16)13-3-1-4-14-15-12/h1-6H2,(H,13,16). The summed E-state index contributed by atoms with van der Waals surface area (Å²) in [5.41, 5.74) is 7.95. The number of nitrogens with zero attached hydrogens (tertiary/aromatic N) is 3. The first-order valence-electron chi connectivity index (χ1n) is 4.88. The second kappa shape index (κ2) is 8.66. The molecule has 0 atom stereocenters. The second-order valence-electron chi connectivity index (χ2n) is 3.08. The molecule has 0 bridgehead atoms. The molecule has 1 N–H and O–H groups in total. The summed E-state index contributed by atoms with van der Waals surface area (Å²) < 4.78 is 39.2. The quantitative estimate of drug-likeness (QED) is 0.309. The molecule has 98 valence electrons. The summed E-state index contributed by atoms with van der Waals surface area (Å²) in [7, 11) is 0. The molecule has 9 heteroatoms. The van der Waals surface area contributed by atoms with Crippen LogP contribution in [-0.4, -0.2) is 38.4 Å². The number of halogens is 3. The number of azide groups is 1. The summed E-state index contributed by atoms with van der Waals surface area (Å²) in [4.78, 5) is 13.5. The highest BCUT2D eigenvalue weighted by atomic mass is 19.4. The lowest BCUT2D eigenvalue weighted by Crippen LogP contribution is -2.26. The third-order valence-corrected chi connectivity index (χ3v) is 1.56. The van der Waals surface area contributed by atoms with Crippen molar-refractivity contribution in [1.82, 2.24) is 5.32 Å². The van der Waals surface area contributed by atoms with Crippen LogP contribution >= 0.6 is 0 Å². The van der Waals surface area contributed by atoms with E-state index in [4.69, 9.17) is 5.53 Å². The number of carbonyl (C=O) groups excluding carboxylic acids is 1. The van der Waals surface area contributed by atoms with Gasteiger partial charge in [-0.1, -0.05) is 5.11 Å². The van der Waals surface area contributed by atoms with Gasteiger partial charge in [-0.05, 0) is 12.0 Å². The monoisotopic (exact) mass is 254 g/mol. The summed E-state index contributed by atoms with van der Waals surface area (Å²) in [6.07, 6.45) is -4.01. The minimum absolute atomic E-state index is 0.127. The summed E-state index contributed by atoms with van der Waals surface area (Å²) in [6, 6.07) is 0. The van der Waals surface area contributed by atoms with E-state index >= 15 is 0 Å². The van der Waals surface area contributed by atoms with Crippen molar-refractivity contribution in [2.45, 2.75) is 19.0 Å². The molecule has 0 aliphatic heterocycles. The van der Waals surface area contributed by atoms with Gasteiger partial charge >= 0.3 is 6.18 Å². The Hall–Kier alpha value is -1.47. The number of hydrogen-bond donors (Lipinski definition) is 1. The Morgan fingerprint density at radius 2 is 2.18 bits per heavy atom. The Morgan fingerprint density at radius 3 is 2.76 bits per heavy atom. The maximum Gasteiger partial charge on any atom is 0.411 e. The summed E-state index contributed by atoms with van der Waals surface area (Å²) in [5, 5.41) is 5.71. The van der Waals surface area contributed by atoms with Gasteiger partial charge in [-0.2, -0.15) is 13.2 Å². The van der Waals surface area contributed by atoms with Crippen molar-refractivity contribution >= 4 is 5.91 Å². The Labute approximate surface area is 95.7 Å². The number of nitrogens with one attached hydrogen (secondary N) is 1. The Kier molecular flexibility index (Phi) is 7.91. The molecule has 6 nitrogen and oxygen atoms in total. The van der Waals surface area contributed by atoms with Gasteiger partial charge in [0.1, 0.15) is 6.61 Å². The van der Waals surface area contributed by atoms with Crippen molar-refractivity contribution in [3.63, 3.8) is 0 Å². The molecule has 0 heterocycles. The smallest absolute Gasteiger partial charge is 0.372 e. The molecule has 0 spiro atoms. The highest BCUT2D eigenvalue weighted by molar-refractivity contribution is 5.75. The van der Waals surface area contributed by atoms with Gasteiger partial charge in [0.2, 0.25) is 5.91 Å².